The molecule has 0 saturated carbocycles. The molecule has 2 atom stereocenters. The highest BCUT2D eigenvalue weighted by atomic mass is 32.1. The lowest BCUT2D eigenvalue weighted by molar-refractivity contribution is -0.138. The second-order valence-corrected chi connectivity index (χ2v) is 6.30. The van der Waals surface area contributed by atoms with Crippen molar-refractivity contribution in [3.8, 4) is 0 Å². The fraction of sp³-hybridized carbons (Fsp3) is 0.643. The summed E-state index contributed by atoms with van der Waals surface area (Å²) in [5, 5.41) is 5.49. The number of thiophene rings is 1. The van der Waals surface area contributed by atoms with Gasteiger partial charge in [-0.15, -0.1) is 11.3 Å². The van der Waals surface area contributed by atoms with E-state index in [4.69, 9.17) is 0 Å². The molecule has 3 heterocycles. The Morgan fingerprint density at radius 3 is 3.22 bits per heavy atom. The molecule has 4 heteroatoms. The van der Waals surface area contributed by atoms with Gasteiger partial charge in [0, 0.05) is 18.0 Å². The van der Waals surface area contributed by atoms with Crippen molar-refractivity contribution in [2.75, 3.05) is 19.6 Å². The van der Waals surface area contributed by atoms with Crippen molar-refractivity contribution in [3.05, 3.63) is 21.9 Å². The van der Waals surface area contributed by atoms with Crippen LogP contribution >= 0.6 is 11.3 Å². The maximum absolute atomic E-state index is 12.6. The van der Waals surface area contributed by atoms with Gasteiger partial charge in [0.25, 0.3) is 0 Å². The van der Waals surface area contributed by atoms with Crippen LogP contribution < -0.4 is 5.32 Å². The Morgan fingerprint density at radius 1 is 1.56 bits per heavy atom. The lowest BCUT2D eigenvalue weighted by atomic mass is 9.94. The average Bonchev–Trinajstić information content (AvgIpc) is 2.89. The smallest absolute Gasteiger partial charge is 0.227 e. The van der Waals surface area contributed by atoms with E-state index in [9.17, 15) is 4.79 Å². The first-order valence-electron chi connectivity index (χ1n) is 6.85. The monoisotopic (exact) mass is 264 g/mol. The molecule has 0 aliphatic carbocycles. The molecule has 3 nitrogen and oxygen atoms in total. The molecule has 3 rings (SSSR count). The minimum atomic E-state index is 0.196. The summed E-state index contributed by atoms with van der Waals surface area (Å²) >= 11 is 1.83. The topological polar surface area (TPSA) is 32.3 Å². The van der Waals surface area contributed by atoms with Crippen LogP contribution in [0.4, 0.5) is 0 Å². The van der Waals surface area contributed by atoms with Crippen molar-refractivity contribution in [1.82, 2.24) is 10.2 Å². The number of nitrogens with one attached hydrogen (secondary N) is 1. The number of nitrogens with zero attached hydrogens (tertiary/aromatic N) is 1. The lowest BCUT2D eigenvalue weighted by Crippen LogP contribution is -2.46. The van der Waals surface area contributed by atoms with Crippen molar-refractivity contribution in [2.45, 2.75) is 32.2 Å². The normalized spacial score (nSPS) is 27.9. The largest absolute Gasteiger partial charge is 0.335 e. The summed E-state index contributed by atoms with van der Waals surface area (Å²) in [6.07, 6.45) is 3.21. The number of hydrogen-bond donors (Lipinski definition) is 1. The maximum atomic E-state index is 12.6. The van der Waals surface area contributed by atoms with E-state index in [2.05, 4.69) is 28.6 Å². The molecule has 1 N–H and O–H groups in total. The fourth-order valence-electron chi connectivity index (χ4n) is 3.11. The number of hydrogen-bond acceptors (Lipinski definition) is 3. The zero-order chi connectivity index (χ0) is 12.5. The van der Waals surface area contributed by atoms with Crippen LogP contribution in [0, 0.1) is 5.92 Å². The standard InChI is InChI=1S/C14H20N2OS/c1-10-12-5-8-18-13(12)4-7-16(10)14(17)11-3-2-6-15-9-11/h5,8,10-11,15H,2-4,6-7,9H2,1H3/t10?,11-/m1/s1. The summed E-state index contributed by atoms with van der Waals surface area (Å²) in [6, 6.07) is 2.44. The summed E-state index contributed by atoms with van der Waals surface area (Å²) in [7, 11) is 0. The highest BCUT2D eigenvalue weighted by Gasteiger charge is 2.32. The maximum Gasteiger partial charge on any atom is 0.227 e. The SMILES string of the molecule is CC1c2ccsc2CCN1C(=O)[C@@H]1CCCNC1. The van der Waals surface area contributed by atoms with Crippen LogP contribution in [0.5, 0.6) is 0 Å². The molecule has 1 aromatic rings. The summed E-state index contributed by atoms with van der Waals surface area (Å²) < 4.78 is 0. The van der Waals surface area contributed by atoms with Crippen LogP contribution in [-0.2, 0) is 11.2 Å². The molecular formula is C14H20N2OS. The lowest BCUT2D eigenvalue weighted by Gasteiger charge is -2.37. The quantitative estimate of drug-likeness (QED) is 0.843. The van der Waals surface area contributed by atoms with Gasteiger partial charge in [-0.05, 0) is 49.7 Å². The van der Waals surface area contributed by atoms with Gasteiger partial charge in [0.15, 0.2) is 0 Å². The Morgan fingerprint density at radius 2 is 2.44 bits per heavy atom. The predicted molar refractivity (Wildman–Crippen MR) is 73.7 cm³/mol. The molecule has 18 heavy (non-hydrogen) atoms. The third-order valence-corrected chi connectivity index (χ3v) is 5.20. The number of carbonyl (C=O) groups excluding carboxylic acids is 1. The van der Waals surface area contributed by atoms with Crippen molar-refractivity contribution >= 4 is 17.2 Å². The van der Waals surface area contributed by atoms with Crippen molar-refractivity contribution in [2.24, 2.45) is 5.92 Å². The molecule has 1 aromatic heterocycles. The molecule has 0 bridgehead atoms. The van der Waals surface area contributed by atoms with E-state index >= 15 is 0 Å². The first kappa shape index (κ1) is 12.2. The predicted octanol–water partition coefficient (Wildman–Crippen LogP) is 2.19. The number of rotatable bonds is 1. The molecule has 0 aromatic carbocycles. The molecule has 0 radical (unpaired) electrons. The Bertz CT molecular complexity index is 437. The van der Waals surface area contributed by atoms with Gasteiger partial charge in [-0.3, -0.25) is 4.79 Å². The van der Waals surface area contributed by atoms with E-state index < -0.39 is 0 Å². The Balaban J connectivity index is 1.75. The second-order valence-electron chi connectivity index (χ2n) is 5.30. The number of fused-ring (bicyclic) bond motifs is 1. The van der Waals surface area contributed by atoms with Gasteiger partial charge in [-0.2, -0.15) is 0 Å². The van der Waals surface area contributed by atoms with Gasteiger partial charge in [0.1, 0.15) is 0 Å². The van der Waals surface area contributed by atoms with Gasteiger partial charge < -0.3 is 10.2 Å². The molecule has 2 aliphatic heterocycles. The van der Waals surface area contributed by atoms with Crippen molar-refractivity contribution in [3.63, 3.8) is 0 Å². The van der Waals surface area contributed by atoms with Crippen LogP contribution in [0.1, 0.15) is 36.2 Å². The molecule has 98 valence electrons. The molecule has 1 unspecified atom stereocenters. The van der Waals surface area contributed by atoms with Gasteiger partial charge in [0.05, 0.1) is 12.0 Å². The van der Waals surface area contributed by atoms with E-state index in [0.29, 0.717) is 5.91 Å². The van der Waals surface area contributed by atoms with E-state index in [1.807, 2.05) is 11.3 Å². The number of amides is 1. The van der Waals surface area contributed by atoms with Gasteiger partial charge in [-0.25, -0.2) is 0 Å². The zero-order valence-electron chi connectivity index (χ0n) is 10.8. The van der Waals surface area contributed by atoms with Gasteiger partial charge >= 0.3 is 0 Å². The fourth-order valence-corrected chi connectivity index (χ4v) is 4.07. The van der Waals surface area contributed by atoms with Crippen LogP contribution in [0.2, 0.25) is 0 Å². The summed E-state index contributed by atoms with van der Waals surface area (Å²) in [5.74, 6) is 0.549. The summed E-state index contributed by atoms with van der Waals surface area (Å²) in [4.78, 5) is 16.1. The van der Waals surface area contributed by atoms with Crippen LogP contribution in [0.3, 0.4) is 0 Å². The van der Waals surface area contributed by atoms with E-state index in [1.54, 1.807) is 0 Å². The van der Waals surface area contributed by atoms with Crippen molar-refractivity contribution in [1.29, 1.82) is 0 Å². The molecular weight excluding hydrogens is 244 g/mol. The van der Waals surface area contributed by atoms with Gasteiger partial charge in [0.2, 0.25) is 5.91 Å². The first-order chi connectivity index (χ1) is 8.77. The Hall–Kier alpha value is -0.870. The molecule has 1 amide bonds. The Kier molecular flexibility index (Phi) is 3.39. The molecule has 2 aliphatic rings. The van der Waals surface area contributed by atoms with Crippen LogP contribution in [-0.4, -0.2) is 30.4 Å². The summed E-state index contributed by atoms with van der Waals surface area (Å²) in [6.45, 7) is 4.98. The van der Waals surface area contributed by atoms with Crippen LogP contribution in [0.15, 0.2) is 11.4 Å². The summed E-state index contributed by atoms with van der Waals surface area (Å²) in [5.41, 5.74) is 1.36. The Labute approximate surface area is 112 Å². The minimum absolute atomic E-state index is 0.196. The molecule has 1 fully saturated rings. The van der Waals surface area contributed by atoms with E-state index in [-0.39, 0.29) is 12.0 Å². The first-order valence-corrected chi connectivity index (χ1v) is 7.73. The highest BCUT2D eigenvalue weighted by Crippen LogP contribution is 2.34. The molecule has 0 spiro atoms. The van der Waals surface area contributed by atoms with Crippen molar-refractivity contribution < 1.29 is 4.79 Å². The average molecular weight is 264 g/mol. The van der Waals surface area contributed by atoms with Crippen LogP contribution in [0.25, 0.3) is 0 Å². The van der Waals surface area contributed by atoms with E-state index in [0.717, 1.165) is 38.9 Å². The van der Waals surface area contributed by atoms with E-state index in [1.165, 1.54) is 10.4 Å². The third-order valence-electron chi connectivity index (χ3n) is 4.21. The minimum Gasteiger partial charge on any atom is -0.335 e. The highest BCUT2D eigenvalue weighted by molar-refractivity contribution is 7.10. The number of carbonyl (C=O) groups is 1. The number of piperidine rings is 1. The van der Waals surface area contributed by atoms with Gasteiger partial charge in [-0.1, -0.05) is 0 Å². The zero-order valence-corrected chi connectivity index (χ0v) is 11.6. The third kappa shape index (κ3) is 2.08. The second kappa shape index (κ2) is 5.02. The molecule has 1 saturated heterocycles.